The molecule has 1 saturated heterocycles. The second-order valence-corrected chi connectivity index (χ2v) is 4.30. The fraction of sp³-hybridized carbons (Fsp3) is 0.889. The Bertz CT molecular complexity index is 198. The molecule has 4 nitrogen and oxygen atoms in total. The minimum absolute atomic E-state index is 0.252. The predicted octanol–water partition coefficient (Wildman–Crippen LogP) is 1.90. The van der Waals surface area contributed by atoms with E-state index in [2.05, 4.69) is 0 Å². The van der Waals surface area contributed by atoms with Crippen LogP contribution in [0, 0.1) is 0 Å². The Morgan fingerprint density at radius 1 is 1.54 bits per heavy atom. The van der Waals surface area contributed by atoms with Crippen molar-refractivity contribution in [3.8, 4) is 0 Å². The zero-order valence-electron chi connectivity index (χ0n) is 8.41. The van der Waals surface area contributed by atoms with Crippen molar-refractivity contribution in [3.63, 3.8) is 0 Å². The Balaban J connectivity index is 2.54. The lowest BCUT2D eigenvalue weighted by Gasteiger charge is -2.29. The van der Waals surface area contributed by atoms with Crippen molar-refractivity contribution in [2.75, 3.05) is 6.54 Å². The van der Waals surface area contributed by atoms with Gasteiger partial charge in [-0.2, -0.15) is 0 Å². The fourth-order valence-electron chi connectivity index (χ4n) is 1.49. The summed E-state index contributed by atoms with van der Waals surface area (Å²) in [6.45, 7) is 6.40. The number of amides is 1. The van der Waals surface area contributed by atoms with Crippen molar-refractivity contribution in [2.24, 2.45) is 0 Å². The number of carbonyl (C=O) groups is 1. The van der Waals surface area contributed by atoms with Crippen LogP contribution in [0.2, 0.25) is 0 Å². The summed E-state index contributed by atoms with van der Waals surface area (Å²) in [6, 6.07) is 0. The summed E-state index contributed by atoms with van der Waals surface area (Å²) in [5.41, 5.74) is -0.275. The number of ether oxygens (including phenoxy) is 1. The number of nitrogens with zero attached hydrogens (tertiary/aromatic N) is 1. The molecule has 13 heavy (non-hydrogen) atoms. The van der Waals surface area contributed by atoms with Gasteiger partial charge < -0.3 is 9.84 Å². The highest BCUT2D eigenvalue weighted by atomic mass is 16.5. The lowest BCUT2D eigenvalue weighted by atomic mass is 10.2. The Morgan fingerprint density at radius 3 is 2.62 bits per heavy atom. The molecule has 1 unspecified atom stereocenters. The van der Waals surface area contributed by atoms with E-state index >= 15 is 0 Å². The molecule has 0 aromatic carbocycles. The molecule has 0 saturated carbocycles. The summed E-state index contributed by atoms with van der Waals surface area (Å²) in [6.07, 6.45) is 0.570. The Kier molecular flexibility index (Phi) is 2.81. The second-order valence-electron chi connectivity index (χ2n) is 4.30. The van der Waals surface area contributed by atoms with E-state index in [1.165, 1.54) is 4.90 Å². The molecular weight excluding hydrogens is 170 g/mol. The summed E-state index contributed by atoms with van der Waals surface area (Å²) in [5, 5.41) is 8.83. The lowest BCUT2D eigenvalue weighted by molar-refractivity contribution is -0.107. The summed E-state index contributed by atoms with van der Waals surface area (Å²) in [7, 11) is 0. The van der Waals surface area contributed by atoms with Gasteiger partial charge in [0.05, 0.1) is 5.60 Å². The zero-order valence-corrected chi connectivity index (χ0v) is 8.41. The molecule has 1 aliphatic heterocycles. The van der Waals surface area contributed by atoms with E-state index in [0.717, 1.165) is 12.8 Å². The normalized spacial score (nSPS) is 23.6. The van der Waals surface area contributed by atoms with Gasteiger partial charge in [0.25, 0.3) is 0 Å². The van der Waals surface area contributed by atoms with Gasteiger partial charge >= 0.3 is 6.09 Å². The third-order valence-corrected chi connectivity index (χ3v) is 1.93. The minimum atomic E-state index is -0.883. The van der Waals surface area contributed by atoms with Crippen molar-refractivity contribution in [1.82, 2.24) is 4.90 Å². The van der Waals surface area contributed by atoms with Crippen molar-refractivity contribution in [2.45, 2.75) is 45.4 Å². The highest BCUT2D eigenvalue weighted by molar-refractivity contribution is 5.65. The Morgan fingerprint density at radius 2 is 2.15 bits per heavy atom. The van der Waals surface area contributed by atoms with Gasteiger partial charge in [0.15, 0.2) is 0 Å². The topological polar surface area (TPSA) is 49.8 Å². The first kappa shape index (κ1) is 10.3. The van der Waals surface area contributed by atoms with Crippen LogP contribution in [0.1, 0.15) is 33.6 Å². The van der Waals surface area contributed by atoms with Crippen LogP contribution in [-0.4, -0.2) is 34.5 Å². The molecule has 1 rings (SSSR count). The molecule has 1 amide bonds. The fourth-order valence-corrected chi connectivity index (χ4v) is 1.49. The third kappa shape index (κ3) is 2.88. The number of rotatable bonds is 1. The smallest absolute Gasteiger partial charge is 0.409 e. The van der Waals surface area contributed by atoms with E-state index in [-0.39, 0.29) is 11.8 Å². The van der Waals surface area contributed by atoms with Crippen molar-refractivity contribution in [3.05, 3.63) is 0 Å². The molecule has 0 aliphatic carbocycles. The standard InChI is InChI=1S/C9H17NO3/c1-9(2,3)13-7-5-4-6-10(7)8(11)12/h7H,4-6H2,1-3H3,(H,11,12). The number of hydrogen-bond acceptors (Lipinski definition) is 2. The van der Waals surface area contributed by atoms with E-state index < -0.39 is 6.09 Å². The predicted molar refractivity (Wildman–Crippen MR) is 48.6 cm³/mol. The molecule has 1 atom stereocenters. The molecule has 76 valence electrons. The minimum Gasteiger partial charge on any atom is -0.465 e. The average Bonchev–Trinajstić information content (AvgIpc) is 2.31. The second kappa shape index (κ2) is 3.54. The molecule has 1 N–H and O–H groups in total. The molecule has 1 aliphatic rings. The molecule has 0 bridgehead atoms. The summed E-state index contributed by atoms with van der Waals surface area (Å²) in [4.78, 5) is 12.1. The maximum Gasteiger partial charge on any atom is 0.409 e. The SMILES string of the molecule is CC(C)(C)OC1CCCN1C(=O)O. The number of hydrogen-bond donors (Lipinski definition) is 1. The van der Waals surface area contributed by atoms with Gasteiger partial charge in [0.1, 0.15) is 6.23 Å². The van der Waals surface area contributed by atoms with Crippen molar-refractivity contribution in [1.29, 1.82) is 0 Å². The van der Waals surface area contributed by atoms with E-state index in [9.17, 15) is 4.79 Å². The largest absolute Gasteiger partial charge is 0.465 e. The highest BCUT2D eigenvalue weighted by Gasteiger charge is 2.32. The van der Waals surface area contributed by atoms with Crippen molar-refractivity contribution < 1.29 is 14.6 Å². The molecule has 1 heterocycles. The average molecular weight is 187 g/mol. The third-order valence-electron chi connectivity index (χ3n) is 1.93. The monoisotopic (exact) mass is 187 g/mol. The Labute approximate surface area is 78.5 Å². The maximum absolute atomic E-state index is 10.7. The summed E-state index contributed by atoms with van der Waals surface area (Å²) >= 11 is 0. The first-order valence-electron chi connectivity index (χ1n) is 4.57. The molecule has 0 spiro atoms. The molecule has 0 radical (unpaired) electrons. The Hall–Kier alpha value is -0.770. The van der Waals surface area contributed by atoms with Crippen LogP contribution in [0.3, 0.4) is 0 Å². The summed E-state index contributed by atoms with van der Waals surface area (Å²) in [5.74, 6) is 0. The summed E-state index contributed by atoms with van der Waals surface area (Å²) < 4.78 is 5.62. The van der Waals surface area contributed by atoms with Gasteiger partial charge in [-0.05, 0) is 33.6 Å². The van der Waals surface area contributed by atoms with Crippen LogP contribution in [0.5, 0.6) is 0 Å². The van der Waals surface area contributed by atoms with Gasteiger partial charge in [0, 0.05) is 6.54 Å². The van der Waals surface area contributed by atoms with Gasteiger partial charge in [0.2, 0.25) is 0 Å². The van der Waals surface area contributed by atoms with Crippen molar-refractivity contribution >= 4 is 6.09 Å². The first-order valence-corrected chi connectivity index (χ1v) is 4.57. The lowest BCUT2D eigenvalue weighted by Crippen LogP contribution is -2.40. The van der Waals surface area contributed by atoms with Crippen LogP contribution in [0.25, 0.3) is 0 Å². The van der Waals surface area contributed by atoms with Gasteiger partial charge in [-0.15, -0.1) is 0 Å². The van der Waals surface area contributed by atoms with E-state index in [4.69, 9.17) is 9.84 Å². The van der Waals surface area contributed by atoms with E-state index in [0.29, 0.717) is 6.54 Å². The van der Waals surface area contributed by atoms with Crippen LogP contribution in [0.15, 0.2) is 0 Å². The van der Waals surface area contributed by atoms with Gasteiger partial charge in [-0.3, -0.25) is 4.90 Å². The molecule has 0 aromatic heterocycles. The first-order chi connectivity index (χ1) is 5.90. The van der Waals surface area contributed by atoms with Gasteiger partial charge in [-0.1, -0.05) is 0 Å². The molecular formula is C9H17NO3. The van der Waals surface area contributed by atoms with Crippen LogP contribution < -0.4 is 0 Å². The van der Waals surface area contributed by atoms with Crippen LogP contribution >= 0.6 is 0 Å². The van der Waals surface area contributed by atoms with Crippen LogP contribution in [0.4, 0.5) is 4.79 Å². The molecule has 0 aromatic rings. The van der Waals surface area contributed by atoms with Gasteiger partial charge in [-0.25, -0.2) is 4.79 Å². The van der Waals surface area contributed by atoms with E-state index in [1.54, 1.807) is 0 Å². The van der Waals surface area contributed by atoms with Crippen LogP contribution in [-0.2, 0) is 4.74 Å². The number of likely N-dealkylation sites (tertiary alicyclic amines) is 1. The maximum atomic E-state index is 10.7. The molecule has 4 heteroatoms. The molecule has 1 fully saturated rings. The quantitative estimate of drug-likeness (QED) is 0.682. The van der Waals surface area contributed by atoms with E-state index in [1.807, 2.05) is 20.8 Å². The zero-order chi connectivity index (χ0) is 10.1. The highest BCUT2D eigenvalue weighted by Crippen LogP contribution is 2.23. The number of carboxylic acid groups (broad SMARTS) is 1.